The molecule has 10 atom stereocenters. The van der Waals surface area contributed by atoms with Crippen molar-refractivity contribution in [1.29, 1.82) is 0 Å². The second-order valence-corrected chi connectivity index (χ2v) is 29.1. The minimum atomic E-state index is -5.31. The van der Waals surface area contributed by atoms with Crippen LogP contribution in [0, 0.1) is 0 Å². The lowest BCUT2D eigenvalue weighted by Gasteiger charge is -2.25. The molecule has 4 aliphatic rings. The zero-order valence-electron chi connectivity index (χ0n) is 50.7. The second-order valence-electron chi connectivity index (χ2n) is 23.4. The summed E-state index contributed by atoms with van der Waals surface area (Å²) in [6.07, 6.45) is -0.166. The number of rotatable bonds is 29. The second kappa shape index (κ2) is 28.0. The maximum atomic E-state index is 13.5. The molecule has 0 spiro atoms. The molecule has 0 radical (unpaired) electrons. The maximum Gasteiger partial charge on any atom is 0.472 e. The van der Waals surface area contributed by atoms with Gasteiger partial charge in [-0.2, -0.15) is 13.0 Å². The van der Waals surface area contributed by atoms with Crippen molar-refractivity contribution >= 4 is 75.9 Å². The molecular weight excluding hydrogens is 1290 g/mol. The van der Waals surface area contributed by atoms with Gasteiger partial charge in [0.25, 0.3) is 15.7 Å². The van der Waals surface area contributed by atoms with Crippen molar-refractivity contribution < 1.29 is 97.1 Å². The minimum absolute atomic E-state index is 0.0267. The summed E-state index contributed by atoms with van der Waals surface area (Å²) in [5.41, 5.74) is 7.64. The van der Waals surface area contributed by atoms with Gasteiger partial charge in [0.05, 0.1) is 41.4 Å². The van der Waals surface area contributed by atoms with Crippen molar-refractivity contribution in [3.63, 3.8) is 0 Å². The number of likely N-dealkylation sites (N-methyl/N-ethyl adjacent to an activating group) is 1. The third-order valence-electron chi connectivity index (χ3n) is 16.6. The Labute approximate surface area is 528 Å². The van der Waals surface area contributed by atoms with E-state index in [1.165, 1.54) is 35.2 Å². The summed E-state index contributed by atoms with van der Waals surface area (Å²) in [5.74, 6) is -0.174. The van der Waals surface area contributed by atoms with Gasteiger partial charge in [0.2, 0.25) is 11.6 Å². The Bertz CT molecular complexity index is 4140. The predicted molar refractivity (Wildman–Crippen MR) is 326 cm³/mol. The number of anilines is 2. The maximum absolute atomic E-state index is 13.5. The normalized spacial score (nSPS) is 24.6. The lowest BCUT2D eigenvalue weighted by molar-refractivity contribution is -0.438. The number of carbonyl (C=O) groups excluding carboxylic acids is 1. The van der Waals surface area contributed by atoms with Gasteiger partial charge in [-0.3, -0.25) is 46.4 Å². The number of aromatic amines is 1. The number of unbranched alkanes of at least 4 members (excludes halogenated alkanes) is 5. The minimum Gasteiger partial charge on any atom is -0.744 e. The zero-order chi connectivity index (χ0) is 66.9. The number of nitrogens with one attached hydrogen (secondary N) is 2. The Balaban J connectivity index is 0.727. The van der Waals surface area contributed by atoms with Gasteiger partial charge in [-0.25, -0.2) is 37.3 Å². The number of carbonyl (C=O) groups is 1. The molecule has 0 aliphatic carbocycles. The first-order valence-electron chi connectivity index (χ1n) is 29.4. The number of nitrogen functional groups attached to an aromatic ring is 1. The van der Waals surface area contributed by atoms with E-state index in [2.05, 4.69) is 29.7 Å². The SMILES string of the molecule is CCN1C(=CC=CC2=[N+](CCCCCC(=O)NCCCCCCOP(=O)(O)OC[C@H]3O[C@@H](n4cnc5c(N)ncnc54)[C@H](O)[C@@H]3OP(=O)(O)OC[C@H]3O[C@@H](n4ccc(=O)[nH]c4=O)[C@H](O)[C@@H]3O)c3ccc(S(=O)(=O)O)cc3C2(C)C)C(C)(C)c2cc(S(=O)(=O)[O-])ccc21. The number of nitrogens with two attached hydrogens (primary N) is 1. The fourth-order valence-electron chi connectivity index (χ4n) is 11.8. The molecule has 1 amide bonds. The highest BCUT2D eigenvalue weighted by atomic mass is 32.2. The highest BCUT2D eigenvalue weighted by Gasteiger charge is 2.52. The third kappa shape index (κ3) is 15.4. The molecule has 36 heteroatoms. The first-order chi connectivity index (χ1) is 43.2. The van der Waals surface area contributed by atoms with Crippen LogP contribution in [0.5, 0.6) is 0 Å². The topological polar surface area (TPSA) is 462 Å². The van der Waals surface area contributed by atoms with E-state index in [9.17, 15) is 74.6 Å². The number of benzene rings is 2. The molecule has 2 unspecified atom stereocenters. The number of phosphoric acid groups is 2. The average molecular weight is 1370 g/mol. The summed E-state index contributed by atoms with van der Waals surface area (Å²) in [6, 6.07) is 9.85. The monoisotopic (exact) mass is 1360 g/mol. The van der Waals surface area contributed by atoms with E-state index >= 15 is 0 Å². The first kappa shape index (κ1) is 70.1. The number of hydrogen-bond acceptors (Lipinski definition) is 24. The van der Waals surface area contributed by atoms with Gasteiger partial charge in [0, 0.05) is 72.7 Å². The van der Waals surface area contributed by atoms with Crippen LogP contribution in [0.1, 0.15) is 110 Å². The Kier molecular flexibility index (Phi) is 21.3. The molecule has 9 rings (SSSR count). The van der Waals surface area contributed by atoms with Gasteiger partial charge in [-0.05, 0) is 88.4 Å². The number of ether oxygens (including phenoxy) is 2. The Morgan fingerprint density at radius 3 is 2.22 bits per heavy atom. The molecule has 5 aromatic rings. The molecule has 2 fully saturated rings. The molecule has 92 heavy (non-hydrogen) atoms. The molecule has 7 heterocycles. The first-order valence-corrected chi connectivity index (χ1v) is 35.3. The number of phosphoric ester groups is 2. The number of fused-ring (bicyclic) bond motifs is 3. The van der Waals surface area contributed by atoms with Crippen molar-refractivity contribution in [2.45, 2.75) is 156 Å². The number of aliphatic hydroxyl groups is 3. The molecule has 0 bridgehead atoms. The van der Waals surface area contributed by atoms with Crippen LogP contribution in [-0.4, -0.2) is 172 Å². The number of aliphatic hydroxyl groups excluding tert-OH is 3. The van der Waals surface area contributed by atoms with E-state index in [1.807, 2.05) is 57.8 Å². The third-order valence-corrected chi connectivity index (χ3v) is 20.2. The van der Waals surface area contributed by atoms with Gasteiger partial charge >= 0.3 is 21.3 Å². The Morgan fingerprint density at radius 2 is 1.50 bits per heavy atom. The van der Waals surface area contributed by atoms with Crippen LogP contribution >= 0.6 is 15.6 Å². The predicted octanol–water partition coefficient (Wildman–Crippen LogP) is 3.19. The molecule has 32 nitrogen and oxygen atoms in total. The summed E-state index contributed by atoms with van der Waals surface area (Å²) in [5, 5.41) is 35.7. The van der Waals surface area contributed by atoms with E-state index in [-0.39, 0.29) is 45.7 Å². The van der Waals surface area contributed by atoms with Gasteiger partial charge in [-0.15, -0.1) is 0 Å². The molecule has 0 saturated carbocycles. The number of imidazole rings is 1. The Hall–Kier alpha value is -6.27. The number of hydrogen-bond donors (Lipinski definition) is 9. The standard InChI is InChI=1S/C56H74N10O22P2S2/c1-6-63-37-20-18-33(91(77,78)79)27-35(37)55(2,3)41(63)15-14-16-42-56(4,5)36-28-34(92(80,81)82)19-21-38(36)64(42)24-12-9-10-17-43(67)58-23-11-7-8-13-26-83-89(73,74)84-30-40-49(48(71)53(87-40)66-32-61-45-50(57)59-31-60-51(45)66)88-90(75,76)85-29-39-46(69)47(70)52(86-39)65-25-22-44(68)62-54(65)72/h14-16,18-22,25,27-28,31-32,39-40,46-49,52-53,69-71H,6-13,17,23-24,26,29-30H2,1-5H3,(H7-,57,58,59,60,62,67,68,72,73,74,75,76,77,78,79,80,81,82)/t39-,40-,46-,47-,48-,49-,52-,53-/m1/s1. The number of aromatic nitrogens is 6. The van der Waals surface area contributed by atoms with Crippen LogP contribution in [0.4, 0.5) is 17.2 Å². The molecule has 4 aliphatic heterocycles. The summed E-state index contributed by atoms with van der Waals surface area (Å²) in [4.78, 5) is 73.9. The summed E-state index contributed by atoms with van der Waals surface area (Å²) >= 11 is 0. The molecule has 2 saturated heterocycles. The van der Waals surface area contributed by atoms with Gasteiger partial charge in [-0.1, -0.05) is 32.8 Å². The smallest absolute Gasteiger partial charge is 0.472 e. The lowest BCUT2D eigenvalue weighted by Crippen LogP contribution is -2.38. The Morgan fingerprint density at radius 1 is 0.826 bits per heavy atom. The zero-order valence-corrected chi connectivity index (χ0v) is 54.1. The van der Waals surface area contributed by atoms with Crippen LogP contribution in [0.3, 0.4) is 0 Å². The van der Waals surface area contributed by atoms with Crippen LogP contribution in [-0.2, 0) is 72.6 Å². The summed E-state index contributed by atoms with van der Waals surface area (Å²) in [6.45, 7) is 9.20. The highest BCUT2D eigenvalue weighted by Crippen LogP contribution is 2.52. The van der Waals surface area contributed by atoms with E-state index < -0.39 is 120 Å². The van der Waals surface area contributed by atoms with E-state index in [0.29, 0.717) is 75.7 Å². The van der Waals surface area contributed by atoms with Gasteiger partial charge in [0.15, 0.2) is 29.6 Å². The molecule has 10 N–H and O–H groups in total. The number of nitrogens with zero attached hydrogens (tertiary/aromatic N) is 7. The van der Waals surface area contributed by atoms with Gasteiger partial charge in [0.1, 0.15) is 65.1 Å². The summed E-state index contributed by atoms with van der Waals surface area (Å²) in [7, 11) is -19.4. The van der Waals surface area contributed by atoms with E-state index in [1.54, 1.807) is 12.1 Å². The van der Waals surface area contributed by atoms with Crippen LogP contribution in [0.15, 0.2) is 105 Å². The molecular formula is C56H74N10O22P2S2. The number of allylic oxidation sites excluding steroid dienone is 4. The van der Waals surface area contributed by atoms with Crippen molar-refractivity contribution in [3.8, 4) is 0 Å². The number of H-pyrrole nitrogens is 1. The van der Waals surface area contributed by atoms with E-state index in [4.69, 9.17) is 33.3 Å². The molecule has 3 aromatic heterocycles. The number of amides is 1. The van der Waals surface area contributed by atoms with E-state index in [0.717, 1.165) is 45.9 Å². The highest BCUT2D eigenvalue weighted by molar-refractivity contribution is 7.86. The van der Waals surface area contributed by atoms with Crippen LogP contribution in [0.25, 0.3) is 11.2 Å². The van der Waals surface area contributed by atoms with Crippen LogP contribution in [0.2, 0.25) is 0 Å². The molecule has 2 aromatic carbocycles. The molecule has 502 valence electrons. The average Bonchev–Trinajstić information content (AvgIpc) is 1.60. The van der Waals surface area contributed by atoms with Crippen molar-refractivity contribution in [2.75, 3.05) is 50.1 Å². The largest absolute Gasteiger partial charge is 0.744 e. The summed E-state index contributed by atoms with van der Waals surface area (Å²) < 4.78 is 133. The van der Waals surface area contributed by atoms with Crippen molar-refractivity contribution in [1.82, 2.24) is 34.4 Å². The quantitative estimate of drug-likeness (QED) is 0.0144. The fourth-order valence-corrected chi connectivity index (χ4v) is 14.5. The van der Waals surface area contributed by atoms with Crippen LogP contribution < -0.4 is 27.2 Å². The fraction of sp³-hybridized carbons (Fsp3) is 0.518. The van der Waals surface area contributed by atoms with Gasteiger partial charge < -0.3 is 55.1 Å². The van der Waals surface area contributed by atoms with Crippen molar-refractivity contribution in [2.24, 2.45) is 0 Å². The lowest BCUT2D eigenvalue weighted by atomic mass is 9.81. The van der Waals surface area contributed by atoms with Crippen molar-refractivity contribution in [3.05, 3.63) is 117 Å².